The standard InChI is InChI=1S/C7H8F2O2/c8-7(9)6(11)3-5(10)4-1-2-4/h3-4,7,11H,1-2H2/p-1. The van der Waals surface area contributed by atoms with Crippen LogP contribution >= 0.6 is 0 Å². The van der Waals surface area contributed by atoms with E-state index < -0.39 is 18.0 Å². The lowest BCUT2D eigenvalue weighted by Crippen LogP contribution is -2.14. The second kappa shape index (κ2) is 2.98. The molecule has 1 aliphatic rings. The molecule has 0 radical (unpaired) electrons. The van der Waals surface area contributed by atoms with Crippen LogP contribution in [0.3, 0.4) is 0 Å². The van der Waals surface area contributed by atoms with Crippen molar-refractivity contribution in [2.24, 2.45) is 5.92 Å². The number of rotatable bonds is 3. The van der Waals surface area contributed by atoms with Gasteiger partial charge in [0.2, 0.25) is 6.43 Å². The van der Waals surface area contributed by atoms with Crippen molar-refractivity contribution in [1.29, 1.82) is 0 Å². The van der Waals surface area contributed by atoms with Crippen LogP contribution in [0.1, 0.15) is 12.8 Å². The first-order chi connectivity index (χ1) is 5.11. The summed E-state index contributed by atoms with van der Waals surface area (Å²) in [5, 5.41) is 10.3. The Balaban J connectivity index is 2.48. The van der Waals surface area contributed by atoms with Crippen molar-refractivity contribution in [1.82, 2.24) is 0 Å². The predicted molar refractivity (Wildman–Crippen MR) is 31.8 cm³/mol. The van der Waals surface area contributed by atoms with E-state index in [0.717, 1.165) is 12.8 Å². The van der Waals surface area contributed by atoms with Gasteiger partial charge in [0.05, 0.1) is 0 Å². The summed E-state index contributed by atoms with van der Waals surface area (Å²) in [5.41, 5.74) is 0. The molecule has 1 saturated carbocycles. The van der Waals surface area contributed by atoms with Gasteiger partial charge in [0.25, 0.3) is 0 Å². The van der Waals surface area contributed by atoms with E-state index in [1.54, 1.807) is 0 Å². The lowest BCUT2D eigenvalue weighted by atomic mass is 10.2. The van der Waals surface area contributed by atoms with Gasteiger partial charge in [0.1, 0.15) is 0 Å². The number of allylic oxidation sites excluding steroid dienone is 2. The van der Waals surface area contributed by atoms with E-state index >= 15 is 0 Å². The molecule has 0 aromatic heterocycles. The molecule has 0 N–H and O–H groups in total. The number of halogens is 2. The third-order valence-electron chi connectivity index (χ3n) is 1.48. The fourth-order valence-electron chi connectivity index (χ4n) is 0.689. The van der Waals surface area contributed by atoms with E-state index in [1.165, 1.54) is 0 Å². The van der Waals surface area contributed by atoms with Crippen LogP contribution in [-0.2, 0) is 4.79 Å². The summed E-state index contributed by atoms with van der Waals surface area (Å²) in [6, 6.07) is 0. The molecule has 0 spiro atoms. The zero-order chi connectivity index (χ0) is 8.43. The van der Waals surface area contributed by atoms with Crippen LogP contribution in [0.25, 0.3) is 0 Å². The maximum atomic E-state index is 11.5. The van der Waals surface area contributed by atoms with Crippen molar-refractivity contribution in [3.8, 4) is 0 Å². The van der Waals surface area contributed by atoms with Gasteiger partial charge in [-0.15, -0.1) is 0 Å². The zero-order valence-electron chi connectivity index (χ0n) is 5.72. The van der Waals surface area contributed by atoms with Crippen LogP contribution in [0, 0.1) is 5.92 Å². The number of ketones is 1. The minimum atomic E-state index is -3.04. The summed E-state index contributed by atoms with van der Waals surface area (Å²) in [6.07, 6.45) is -1.07. The topological polar surface area (TPSA) is 40.1 Å². The SMILES string of the molecule is O=C(C=C([O-])C(F)F)C1CC1. The highest BCUT2D eigenvalue weighted by molar-refractivity contribution is 5.93. The average Bonchev–Trinajstić information content (AvgIpc) is 2.67. The predicted octanol–water partition coefficient (Wildman–Crippen LogP) is 0.475. The van der Waals surface area contributed by atoms with Gasteiger partial charge in [-0.2, -0.15) is 0 Å². The van der Waals surface area contributed by atoms with Gasteiger partial charge in [0, 0.05) is 5.92 Å². The van der Waals surface area contributed by atoms with Crippen molar-refractivity contribution in [2.75, 3.05) is 0 Å². The Hall–Kier alpha value is -0.930. The van der Waals surface area contributed by atoms with E-state index in [-0.39, 0.29) is 5.92 Å². The molecule has 0 aromatic rings. The summed E-state index contributed by atoms with van der Waals surface area (Å²) in [6.45, 7) is 0. The maximum Gasteiger partial charge on any atom is 0.250 e. The molecule has 62 valence electrons. The fraction of sp³-hybridized carbons (Fsp3) is 0.571. The first kappa shape index (κ1) is 8.17. The van der Waals surface area contributed by atoms with Gasteiger partial charge < -0.3 is 5.11 Å². The Morgan fingerprint density at radius 2 is 2.09 bits per heavy atom. The van der Waals surface area contributed by atoms with Crippen LogP contribution in [0.4, 0.5) is 8.78 Å². The molecule has 0 bridgehead atoms. The van der Waals surface area contributed by atoms with Gasteiger partial charge in [-0.1, -0.05) is 5.76 Å². The average molecular weight is 161 g/mol. The molecule has 1 rings (SSSR count). The van der Waals surface area contributed by atoms with E-state index in [4.69, 9.17) is 0 Å². The highest BCUT2D eigenvalue weighted by Crippen LogP contribution is 2.30. The minimum absolute atomic E-state index is 0.155. The van der Waals surface area contributed by atoms with Crippen molar-refractivity contribution in [3.05, 3.63) is 11.8 Å². The molecule has 0 aromatic carbocycles. The normalized spacial score (nSPS) is 19.0. The molecule has 0 aliphatic heterocycles. The van der Waals surface area contributed by atoms with E-state index in [9.17, 15) is 18.7 Å². The Bertz CT molecular complexity index is 195. The summed E-state index contributed by atoms with van der Waals surface area (Å²) in [7, 11) is 0. The molecular formula is C7H7F2O2-. The molecule has 0 saturated heterocycles. The largest absolute Gasteiger partial charge is 0.872 e. The Labute approximate surface area is 62.5 Å². The highest BCUT2D eigenvalue weighted by Gasteiger charge is 2.27. The molecular weight excluding hydrogens is 154 g/mol. The highest BCUT2D eigenvalue weighted by atomic mass is 19.3. The quantitative estimate of drug-likeness (QED) is 0.446. The second-order valence-electron chi connectivity index (χ2n) is 2.52. The summed E-state index contributed by atoms with van der Waals surface area (Å²) < 4.78 is 23.1. The molecule has 4 heteroatoms. The van der Waals surface area contributed by atoms with Gasteiger partial charge in [-0.05, 0) is 18.9 Å². The first-order valence-corrected chi connectivity index (χ1v) is 3.32. The van der Waals surface area contributed by atoms with Gasteiger partial charge in [-0.3, -0.25) is 4.79 Å². The molecule has 0 amide bonds. The van der Waals surface area contributed by atoms with Crippen molar-refractivity contribution in [2.45, 2.75) is 19.3 Å². The molecule has 0 atom stereocenters. The Morgan fingerprint density at radius 1 is 1.55 bits per heavy atom. The van der Waals surface area contributed by atoms with Crippen molar-refractivity contribution < 1.29 is 18.7 Å². The van der Waals surface area contributed by atoms with E-state index in [1.807, 2.05) is 0 Å². The first-order valence-electron chi connectivity index (χ1n) is 3.32. The summed E-state index contributed by atoms with van der Waals surface area (Å²) >= 11 is 0. The van der Waals surface area contributed by atoms with Crippen LogP contribution < -0.4 is 5.11 Å². The molecule has 11 heavy (non-hydrogen) atoms. The van der Waals surface area contributed by atoms with Gasteiger partial charge >= 0.3 is 0 Å². The lowest BCUT2D eigenvalue weighted by Gasteiger charge is -2.08. The summed E-state index contributed by atoms with van der Waals surface area (Å²) in [4.78, 5) is 10.7. The van der Waals surface area contributed by atoms with Crippen LogP contribution in [-0.4, -0.2) is 12.2 Å². The lowest BCUT2D eigenvalue weighted by molar-refractivity contribution is -0.323. The molecule has 0 unspecified atom stereocenters. The van der Waals surface area contributed by atoms with Crippen LogP contribution in [0.15, 0.2) is 11.8 Å². The number of carbonyl (C=O) groups is 1. The third-order valence-corrected chi connectivity index (χ3v) is 1.48. The van der Waals surface area contributed by atoms with Crippen LogP contribution in [0.2, 0.25) is 0 Å². The van der Waals surface area contributed by atoms with Crippen molar-refractivity contribution in [3.63, 3.8) is 0 Å². The van der Waals surface area contributed by atoms with E-state index in [0.29, 0.717) is 6.08 Å². The van der Waals surface area contributed by atoms with Gasteiger partial charge in [-0.25, -0.2) is 8.78 Å². The fourth-order valence-corrected chi connectivity index (χ4v) is 0.689. The second-order valence-corrected chi connectivity index (χ2v) is 2.52. The molecule has 2 nitrogen and oxygen atoms in total. The summed E-state index contributed by atoms with van der Waals surface area (Å²) in [5.74, 6) is -1.98. The monoisotopic (exact) mass is 161 g/mol. The molecule has 1 fully saturated rings. The van der Waals surface area contributed by atoms with Crippen LogP contribution in [0.5, 0.6) is 0 Å². The number of hydrogen-bond acceptors (Lipinski definition) is 2. The Morgan fingerprint density at radius 3 is 2.45 bits per heavy atom. The van der Waals surface area contributed by atoms with Gasteiger partial charge in [0.15, 0.2) is 5.78 Å². The van der Waals surface area contributed by atoms with Crippen molar-refractivity contribution >= 4 is 5.78 Å². The minimum Gasteiger partial charge on any atom is -0.872 e. The smallest absolute Gasteiger partial charge is 0.250 e. The number of alkyl halides is 2. The van der Waals surface area contributed by atoms with E-state index in [2.05, 4.69) is 0 Å². The maximum absolute atomic E-state index is 11.5. The third kappa shape index (κ3) is 2.29. The number of hydrogen-bond donors (Lipinski definition) is 0. The zero-order valence-corrected chi connectivity index (χ0v) is 5.72. The number of carbonyl (C=O) groups excluding carboxylic acids is 1. The molecule has 0 heterocycles. The molecule has 1 aliphatic carbocycles. The Kier molecular flexibility index (Phi) is 2.22.